The summed E-state index contributed by atoms with van der Waals surface area (Å²) >= 11 is 0. The summed E-state index contributed by atoms with van der Waals surface area (Å²) in [5.74, 6) is -0.0318. The molecule has 1 heteroatoms. The van der Waals surface area contributed by atoms with Crippen molar-refractivity contribution in [1.82, 2.24) is 0 Å². The summed E-state index contributed by atoms with van der Waals surface area (Å²) in [7, 11) is 0. The number of fused-ring (bicyclic) bond motifs is 1. The summed E-state index contributed by atoms with van der Waals surface area (Å²) in [5, 5.41) is 11.3. The largest absolute Gasteiger partial charge is 0.198 e. The maximum absolute atomic E-state index is 8.85. The normalized spacial score (nSPS) is 12.3. The molecule has 0 radical (unpaired) electrons. The third kappa shape index (κ3) is 1.85. The van der Waals surface area contributed by atoms with Crippen LogP contribution in [0.4, 0.5) is 0 Å². The first-order chi connectivity index (χ1) is 7.20. The Morgan fingerprint density at radius 3 is 2.47 bits per heavy atom. The van der Waals surface area contributed by atoms with Crippen LogP contribution in [0, 0.1) is 18.3 Å². The van der Waals surface area contributed by atoms with E-state index in [1.54, 1.807) is 0 Å². The van der Waals surface area contributed by atoms with E-state index in [1.165, 1.54) is 16.3 Å². The predicted octanol–water partition coefficient (Wildman–Crippen LogP) is 3.78. The van der Waals surface area contributed by atoms with E-state index in [0.717, 1.165) is 5.56 Å². The van der Waals surface area contributed by atoms with Gasteiger partial charge in [0.1, 0.15) is 0 Å². The van der Waals surface area contributed by atoms with E-state index >= 15 is 0 Å². The molecule has 15 heavy (non-hydrogen) atoms. The number of hydrogen-bond acceptors (Lipinski definition) is 1. The number of rotatable bonds is 1. The molecule has 0 heterocycles. The molecule has 0 aliphatic carbocycles. The maximum atomic E-state index is 8.85. The van der Waals surface area contributed by atoms with Crippen LogP contribution in [0.3, 0.4) is 0 Å². The molecule has 1 atom stereocenters. The molecule has 1 nitrogen and oxygen atoms in total. The van der Waals surface area contributed by atoms with E-state index in [0.29, 0.717) is 0 Å². The molecular weight excluding hydrogens is 182 g/mol. The molecule has 0 aromatic heterocycles. The Balaban J connectivity index is 2.58. The average molecular weight is 195 g/mol. The van der Waals surface area contributed by atoms with Crippen molar-refractivity contribution in [2.45, 2.75) is 19.8 Å². The monoisotopic (exact) mass is 195 g/mol. The van der Waals surface area contributed by atoms with Crippen molar-refractivity contribution in [3.63, 3.8) is 0 Å². The number of nitriles is 1. The summed E-state index contributed by atoms with van der Waals surface area (Å²) in [6, 6.07) is 14.9. The van der Waals surface area contributed by atoms with Gasteiger partial charge in [-0.2, -0.15) is 5.26 Å². The van der Waals surface area contributed by atoms with Crippen LogP contribution < -0.4 is 0 Å². The summed E-state index contributed by atoms with van der Waals surface area (Å²) in [6.07, 6.45) is 0. The second kappa shape index (κ2) is 3.74. The third-order valence-electron chi connectivity index (χ3n) is 2.71. The lowest BCUT2D eigenvalue weighted by Gasteiger charge is -2.05. The van der Waals surface area contributed by atoms with E-state index in [2.05, 4.69) is 43.3 Å². The Kier molecular flexibility index (Phi) is 2.43. The van der Waals surface area contributed by atoms with Gasteiger partial charge in [-0.05, 0) is 36.2 Å². The number of aryl methyl sites for hydroxylation is 1. The number of hydrogen-bond donors (Lipinski definition) is 0. The summed E-state index contributed by atoms with van der Waals surface area (Å²) in [6.45, 7) is 4.01. The summed E-state index contributed by atoms with van der Waals surface area (Å²) in [5.41, 5.74) is 2.36. The lowest BCUT2D eigenvalue weighted by atomic mass is 9.98. The average Bonchev–Trinajstić information content (AvgIpc) is 2.27. The van der Waals surface area contributed by atoms with Gasteiger partial charge in [0.2, 0.25) is 0 Å². The molecular formula is C14H13N. The quantitative estimate of drug-likeness (QED) is 0.679. The van der Waals surface area contributed by atoms with E-state index in [1.807, 2.05) is 13.0 Å². The van der Waals surface area contributed by atoms with Gasteiger partial charge >= 0.3 is 0 Å². The minimum atomic E-state index is -0.0318. The van der Waals surface area contributed by atoms with Gasteiger partial charge in [0.25, 0.3) is 0 Å². The first-order valence-electron chi connectivity index (χ1n) is 5.10. The molecule has 0 fully saturated rings. The topological polar surface area (TPSA) is 23.8 Å². The Morgan fingerprint density at radius 2 is 1.73 bits per heavy atom. The molecule has 0 unspecified atom stereocenters. The van der Waals surface area contributed by atoms with E-state index in [-0.39, 0.29) is 5.92 Å². The highest BCUT2D eigenvalue weighted by Gasteiger charge is 2.04. The van der Waals surface area contributed by atoms with Crippen LogP contribution in [-0.4, -0.2) is 0 Å². The van der Waals surface area contributed by atoms with Crippen molar-refractivity contribution in [2.24, 2.45) is 0 Å². The predicted molar refractivity (Wildman–Crippen MR) is 62.7 cm³/mol. The smallest absolute Gasteiger partial charge is 0.0700 e. The Hall–Kier alpha value is -1.81. The van der Waals surface area contributed by atoms with Crippen LogP contribution in [0.2, 0.25) is 0 Å². The lowest BCUT2D eigenvalue weighted by Crippen LogP contribution is -1.88. The first kappa shape index (κ1) is 9.73. The minimum Gasteiger partial charge on any atom is -0.198 e. The van der Waals surface area contributed by atoms with Crippen LogP contribution in [-0.2, 0) is 0 Å². The van der Waals surface area contributed by atoms with E-state index < -0.39 is 0 Å². The molecule has 2 aromatic carbocycles. The zero-order chi connectivity index (χ0) is 10.8. The highest BCUT2D eigenvalue weighted by atomic mass is 14.3. The Labute approximate surface area is 90.0 Å². The lowest BCUT2D eigenvalue weighted by molar-refractivity contribution is 0.985. The van der Waals surface area contributed by atoms with Gasteiger partial charge in [0.05, 0.1) is 12.0 Å². The minimum absolute atomic E-state index is 0.0318. The summed E-state index contributed by atoms with van der Waals surface area (Å²) in [4.78, 5) is 0. The zero-order valence-electron chi connectivity index (χ0n) is 8.99. The third-order valence-corrected chi connectivity index (χ3v) is 2.71. The van der Waals surface area contributed by atoms with Crippen LogP contribution in [0.1, 0.15) is 24.0 Å². The summed E-state index contributed by atoms with van der Waals surface area (Å²) < 4.78 is 0. The highest BCUT2D eigenvalue weighted by Crippen LogP contribution is 2.22. The SMILES string of the molecule is Cc1ccc2cc([C@@H](C)C#N)ccc2c1. The maximum Gasteiger partial charge on any atom is 0.0700 e. The van der Waals surface area contributed by atoms with Gasteiger partial charge in [-0.1, -0.05) is 35.9 Å². The second-order valence-corrected chi connectivity index (χ2v) is 3.96. The molecule has 0 bridgehead atoms. The van der Waals surface area contributed by atoms with Crippen molar-refractivity contribution >= 4 is 10.8 Å². The molecule has 0 amide bonds. The van der Waals surface area contributed by atoms with Gasteiger partial charge < -0.3 is 0 Å². The molecule has 0 saturated carbocycles. The van der Waals surface area contributed by atoms with Crippen LogP contribution in [0.25, 0.3) is 10.8 Å². The first-order valence-corrected chi connectivity index (χ1v) is 5.10. The van der Waals surface area contributed by atoms with Crippen molar-refractivity contribution < 1.29 is 0 Å². The fourth-order valence-corrected chi connectivity index (χ4v) is 1.73. The molecule has 2 aromatic rings. The number of benzene rings is 2. The van der Waals surface area contributed by atoms with Crippen molar-refractivity contribution in [3.05, 3.63) is 47.5 Å². The molecule has 0 spiro atoms. The zero-order valence-corrected chi connectivity index (χ0v) is 8.99. The van der Waals surface area contributed by atoms with Crippen LogP contribution in [0.5, 0.6) is 0 Å². The van der Waals surface area contributed by atoms with E-state index in [4.69, 9.17) is 5.26 Å². The number of nitrogens with zero attached hydrogens (tertiary/aromatic N) is 1. The second-order valence-electron chi connectivity index (χ2n) is 3.96. The molecule has 2 rings (SSSR count). The molecule has 0 saturated heterocycles. The van der Waals surface area contributed by atoms with Crippen LogP contribution >= 0.6 is 0 Å². The Morgan fingerprint density at radius 1 is 1.07 bits per heavy atom. The van der Waals surface area contributed by atoms with E-state index in [9.17, 15) is 0 Å². The van der Waals surface area contributed by atoms with Gasteiger partial charge in [0, 0.05) is 0 Å². The van der Waals surface area contributed by atoms with Gasteiger partial charge in [-0.25, -0.2) is 0 Å². The van der Waals surface area contributed by atoms with Gasteiger partial charge in [0.15, 0.2) is 0 Å². The fourth-order valence-electron chi connectivity index (χ4n) is 1.73. The highest BCUT2D eigenvalue weighted by molar-refractivity contribution is 5.84. The fraction of sp³-hybridized carbons (Fsp3) is 0.214. The Bertz CT molecular complexity index is 535. The van der Waals surface area contributed by atoms with Crippen molar-refractivity contribution in [1.29, 1.82) is 5.26 Å². The van der Waals surface area contributed by atoms with Crippen molar-refractivity contribution in [3.8, 4) is 6.07 Å². The standard InChI is InChI=1S/C14H13N/c1-10-3-4-14-8-12(11(2)9-15)5-6-13(14)7-10/h3-8,11H,1-2H3/t11-/m0/s1. The molecule has 74 valence electrons. The molecule has 0 aliphatic heterocycles. The van der Waals surface area contributed by atoms with Gasteiger partial charge in [-0.3, -0.25) is 0 Å². The van der Waals surface area contributed by atoms with Crippen LogP contribution in [0.15, 0.2) is 36.4 Å². The van der Waals surface area contributed by atoms with Crippen molar-refractivity contribution in [2.75, 3.05) is 0 Å². The molecule has 0 aliphatic rings. The molecule has 0 N–H and O–H groups in total. The van der Waals surface area contributed by atoms with Gasteiger partial charge in [-0.15, -0.1) is 0 Å².